The predicted molar refractivity (Wildman–Crippen MR) is 107 cm³/mol. The van der Waals surface area contributed by atoms with Crippen LogP contribution < -0.4 is 11.1 Å². The van der Waals surface area contributed by atoms with Crippen LogP contribution in [0, 0.1) is 11.7 Å². The molecule has 3 aromatic rings. The molecule has 0 radical (unpaired) electrons. The Bertz CT molecular complexity index is 1030. The van der Waals surface area contributed by atoms with E-state index in [2.05, 4.69) is 32.2 Å². The van der Waals surface area contributed by atoms with Crippen molar-refractivity contribution in [1.82, 2.24) is 19.9 Å². The molecule has 3 aromatic heterocycles. The first kappa shape index (κ1) is 18.9. The predicted octanol–water partition coefficient (Wildman–Crippen LogP) is 2.95. The average molecular weight is 392 g/mol. The number of nitrogens with one attached hydrogen (secondary N) is 1. The number of aromatic nitrogens is 4. The molecule has 7 nitrogen and oxygen atoms in total. The summed E-state index contributed by atoms with van der Waals surface area (Å²) in [4.78, 5) is 28.5. The first-order chi connectivity index (χ1) is 14.0. The maximum absolute atomic E-state index is 14.3. The molecular formula is C21H21FN6O. The van der Waals surface area contributed by atoms with Crippen molar-refractivity contribution in [2.75, 3.05) is 11.9 Å². The van der Waals surface area contributed by atoms with E-state index in [0.717, 1.165) is 12.8 Å². The number of nitrogens with two attached hydrogens (primary N) is 1. The molecule has 3 N–H and O–H groups in total. The van der Waals surface area contributed by atoms with Gasteiger partial charge in [-0.15, -0.1) is 0 Å². The van der Waals surface area contributed by atoms with Gasteiger partial charge in [0.05, 0.1) is 11.4 Å². The summed E-state index contributed by atoms with van der Waals surface area (Å²) in [6, 6.07) is 6.21. The zero-order valence-corrected chi connectivity index (χ0v) is 16.0. The van der Waals surface area contributed by atoms with Crippen molar-refractivity contribution in [2.24, 2.45) is 11.7 Å². The minimum Gasteiger partial charge on any atom is -0.366 e. The average Bonchev–Trinajstić information content (AvgIpc) is 2.71. The zero-order chi connectivity index (χ0) is 20.4. The highest BCUT2D eigenvalue weighted by molar-refractivity contribution is 5.93. The van der Waals surface area contributed by atoms with Crippen LogP contribution in [0.15, 0.2) is 49.1 Å². The second-order valence-corrected chi connectivity index (χ2v) is 7.57. The van der Waals surface area contributed by atoms with Crippen molar-refractivity contribution in [3.63, 3.8) is 0 Å². The summed E-state index contributed by atoms with van der Waals surface area (Å²) in [5.41, 5.74) is 7.05. The number of carbonyl (C=O) groups is 1. The lowest BCUT2D eigenvalue weighted by Crippen LogP contribution is -2.47. The summed E-state index contributed by atoms with van der Waals surface area (Å²) < 4.78 is 14.3. The third-order valence-corrected chi connectivity index (χ3v) is 5.32. The van der Waals surface area contributed by atoms with Crippen molar-refractivity contribution in [2.45, 2.75) is 25.2 Å². The van der Waals surface area contributed by atoms with Gasteiger partial charge in [-0.25, -0.2) is 14.4 Å². The number of pyridine rings is 2. The molecule has 148 valence electrons. The van der Waals surface area contributed by atoms with E-state index in [1.807, 2.05) is 0 Å². The van der Waals surface area contributed by atoms with Crippen LogP contribution in [0.5, 0.6) is 0 Å². The van der Waals surface area contributed by atoms with Crippen molar-refractivity contribution in [1.29, 1.82) is 0 Å². The van der Waals surface area contributed by atoms with Gasteiger partial charge >= 0.3 is 0 Å². The van der Waals surface area contributed by atoms with E-state index in [1.165, 1.54) is 12.3 Å². The van der Waals surface area contributed by atoms with Gasteiger partial charge in [0, 0.05) is 47.9 Å². The van der Waals surface area contributed by atoms with Crippen LogP contribution in [0.1, 0.15) is 35.8 Å². The topological polar surface area (TPSA) is 107 Å². The Labute approximate surface area is 167 Å². The first-order valence-corrected chi connectivity index (χ1v) is 9.40. The summed E-state index contributed by atoms with van der Waals surface area (Å²) in [6.45, 7) is 2.65. The maximum Gasteiger partial charge on any atom is 0.248 e. The number of rotatable bonds is 6. The highest BCUT2D eigenvalue weighted by Crippen LogP contribution is 2.47. The standard InChI is InChI=1S/C21H21FN6O/c1-13-8-21(9-13,18-16(22)3-2-5-25-18)12-28-20-26-10-15(11-27-20)17-7-14(19(23)29)4-6-24-17/h2-7,10-11,13H,8-9,12H2,1H3,(H2,23,29)(H,26,27,28). The van der Waals surface area contributed by atoms with Crippen LogP contribution in [-0.4, -0.2) is 32.4 Å². The van der Waals surface area contributed by atoms with Crippen LogP contribution in [0.4, 0.5) is 10.3 Å². The van der Waals surface area contributed by atoms with Gasteiger partial charge < -0.3 is 11.1 Å². The molecule has 29 heavy (non-hydrogen) atoms. The fourth-order valence-corrected chi connectivity index (χ4v) is 4.01. The lowest BCUT2D eigenvalue weighted by molar-refractivity contribution is 0.1000. The molecule has 1 aliphatic carbocycles. The molecule has 0 atom stereocenters. The normalized spacial score (nSPS) is 20.7. The minimum absolute atomic E-state index is 0.280. The van der Waals surface area contributed by atoms with Crippen LogP contribution >= 0.6 is 0 Å². The second kappa shape index (κ2) is 7.54. The van der Waals surface area contributed by atoms with Gasteiger partial charge in [0.15, 0.2) is 0 Å². The molecule has 1 fully saturated rings. The number of amides is 1. The number of anilines is 1. The number of nitrogens with zero attached hydrogens (tertiary/aromatic N) is 4. The van der Waals surface area contributed by atoms with Gasteiger partial charge in [-0.3, -0.25) is 14.8 Å². The summed E-state index contributed by atoms with van der Waals surface area (Å²) in [5.74, 6) is 0.160. The van der Waals surface area contributed by atoms with Crippen molar-refractivity contribution in [3.8, 4) is 11.3 Å². The highest BCUT2D eigenvalue weighted by atomic mass is 19.1. The molecule has 1 aliphatic rings. The van der Waals surface area contributed by atoms with Crippen molar-refractivity contribution >= 4 is 11.9 Å². The van der Waals surface area contributed by atoms with Gasteiger partial charge in [-0.2, -0.15) is 0 Å². The van der Waals surface area contributed by atoms with E-state index < -0.39 is 5.91 Å². The van der Waals surface area contributed by atoms with Crippen LogP contribution in [0.25, 0.3) is 11.3 Å². The molecule has 0 aliphatic heterocycles. The Hall–Kier alpha value is -3.42. The van der Waals surface area contributed by atoms with Gasteiger partial charge in [-0.05, 0) is 43.0 Å². The molecule has 0 unspecified atom stereocenters. The fourth-order valence-electron chi connectivity index (χ4n) is 4.01. The number of hydrogen-bond acceptors (Lipinski definition) is 6. The number of hydrogen-bond donors (Lipinski definition) is 2. The maximum atomic E-state index is 14.3. The summed E-state index contributed by atoms with van der Waals surface area (Å²) in [6.07, 6.45) is 8.11. The Morgan fingerprint density at radius 2 is 1.97 bits per heavy atom. The van der Waals surface area contributed by atoms with E-state index in [9.17, 15) is 9.18 Å². The van der Waals surface area contributed by atoms with Crippen LogP contribution in [0.2, 0.25) is 0 Å². The highest BCUT2D eigenvalue weighted by Gasteiger charge is 2.46. The molecule has 1 amide bonds. The van der Waals surface area contributed by atoms with E-state index in [4.69, 9.17) is 5.73 Å². The van der Waals surface area contributed by atoms with E-state index in [0.29, 0.717) is 40.9 Å². The monoisotopic (exact) mass is 392 g/mol. The third-order valence-electron chi connectivity index (χ3n) is 5.32. The smallest absolute Gasteiger partial charge is 0.248 e. The Morgan fingerprint density at radius 3 is 2.62 bits per heavy atom. The quantitative estimate of drug-likeness (QED) is 0.668. The van der Waals surface area contributed by atoms with E-state index in [-0.39, 0.29) is 11.2 Å². The number of primary amides is 1. The Balaban J connectivity index is 1.50. The Kier molecular flexibility index (Phi) is 4.92. The molecule has 4 rings (SSSR count). The van der Waals surface area contributed by atoms with Gasteiger partial charge in [0.25, 0.3) is 0 Å². The zero-order valence-electron chi connectivity index (χ0n) is 16.0. The molecular weight excluding hydrogens is 371 g/mol. The van der Waals surface area contributed by atoms with Crippen LogP contribution in [-0.2, 0) is 5.41 Å². The van der Waals surface area contributed by atoms with Crippen LogP contribution in [0.3, 0.4) is 0 Å². The van der Waals surface area contributed by atoms with E-state index >= 15 is 0 Å². The van der Waals surface area contributed by atoms with Gasteiger partial charge in [0.1, 0.15) is 5.82 Å². The summed E-state index contributed by atoms with van der Waals surface area (Å²) in [5, 5.41) is 3.22. The SMILES string of the molecule is CC1CC(CNc2ncc(-c3cc(C(N)=O)ccn3)cn2)(c2ncccc2F)C1. The molecule has 8 heteroatoms. The molecule has 0 aromatic carbocycles. The number of carbonyl (C=O) groups excluding carboxylic acids is 1. The molecule has 3 heterocycles. The molecule has 0 saturated heterocycles. The molecule has 0 spiro atoms. The fraction of sp³-hybridized carbons (Fsp3) is 0.286. The molecule has 1 saturated carbocycles. The van der Waals surface area contributed by atoms with Crippen molar-refractivity contribution in [3.05, 3.63) is 66.1 Å². The van der Waals surface area contributed by atoms with E-state index in [1.54, 1.807) is 36.8 Å². The van der Waals surface area contributed by atoms with Crippen molar-refractivity contribution < 1.29 is 9.18 Å². The molecule has 0 bridgehead atoms. The Morgan fingerprint density at radius 1 is 1.21 bits per heavy atom. The van der Waals surface area contributed by atoms with Gasteiger partial charge in [-0.1, -0.05) is 6.92 Å². The lowest BCUT2D eigenvalue weighted by Gasteiger charge is -2.46. The lowest BCUT2D eigenvalue weighted by atomic mass is 9.60. The second-order valence-electron chi connectivity index (χ2n) is 7.57. The largest absolute Gasteiger partial charge is 0.366 e. The first-order valence-electron chi connectivity index (χ1n) is 9.40. The van der Waals surface area contributed by atoms with Gasteiger partial charge in [0.2, 0.25) is 11.9 Å². The summed E-state index contributed by atoms with van der Waals surface area (Å²) in [7, 11) is 0. The summed E-state index contributed by atoms with van der Waals surface area (Å²) >= 11 is 0. The number of halogens is 1. The third kappa shape index (κ3) is 3.78. The minimum atomic E-state index is -0.519.